The summed E-state index contributed by atoms with van der Waals surface area (Å²) in [6.45, 7) is 6.20. The van der Waals surface area contributed by atoms with Crippen molar-refractivity contribution in [1.82, 2.24) is 24.2 Å². The molecule has 160 valence electrons. The van der Waals surface area contributed by atoms with Crippen LogP contribution in [0.2, 0.25) is 0 Å². The van der Waals surface area contributed by atoms with Crippen molar-refractivity contribution < 1.29 is 4.79 Å². The molecule has 0 bridgehead atoms. The Kier molecular flexibility index (Phi) is 5.14. The van der Waals surface area contributed by atoms with Gasteiger partial charge in [-0.1, -0.05) is 36.0 Å². The molecule has 32 heavy (non-hydrogen) atoms. The van der Waals surface area contributed by atoms with Gasteiger partial charge in [-0.2, -0.15) is 5.10 Å². The summed E-state index contributed by atoms with van der Waals surface area (Å²) in [6.07, 6.45) is 3.76. The number of nitrogens with zero attached hydrogens (tertiary/aromatic N) is 5. The number of thioether (sulfide) groups is 1. The monoisotopic (exact) mass is 442 g/mol. The first-order chi connectivity index (χ1) is 15.5. The molecular formula is C24H22N6OS. The van der Waals surface area contributed by atoms with Crippen molar-refractivity contribution in [1.29, 1.82) is 0 Å². The highest BCUT2D eigenvalue weighted by atomic mass is 32.2. The van der Waals surface area contributed by atoms with Crippen LogP contribution in [0.3, 0.4) is 0 Å². The minimum absolute atomic E-state index is 0.0835. The molecule has 3 aromatic heterocycles. The van der Waals surface area contributed by atoms with Gasteiger partial charge in [-0.15, -0.1) is 10.2 Å². The van der Waals surface area contributed by atoms with Crippen LogP contribution in [0.15, 0.2) is 66.1 Å². The smallest absolute Gasteiger partial charge is 0.234 e. The Hall–Kier alpha value is -3.65. The number of hydrogen-bond acceptors (Lipinski definition) is 5. The predicted octanol–water partition coefficient (Wildman–Crippen LogP) is 4.70. The Balaban J connectivity index is 1.38. The van der Waals surface area contributed by atoms with E-state index >= 15 is 0 Å². The normalized spacial score (nSPS) is 11.3. The Morgan fingerprint density at radius 3 is 2.69 bits per heavy atom. The van der Waals surface area contributed by atoms with Crippen molar-refractivity contribution in [3.8, 4) is 11.3 Å². The summed E-state index contributed by atoms with van der Waals surface area (Å²) in [5.41, 5.74) is 7.90. The van der Waals surface area contributed by atoms with Crippen molar-refractivity contribution in [2.45, 2.75) is 25.9 Å². The number of fused-ring (bicyclic) bond motifs is 3. The molecule has 0 unspecified atom stereocenters. The van der Waals surface area contributed by atoms with Gasteiger partial charge < -0.3 is 5.32 Å². The van der Waals surface area contributed by atoms with E-state index in [4.69, 9.17) is 5.10 Å². The van der Waals surface area contributed by atoms with Crippen LogP contribution < -0.4 is 5.32 Å². The molecule has 0 aliphatic carbocycles. The van der Waals surface area contributed by atoms with Crippen molar-refractivity contribution in [3.05, 3.63) is 77.6 Å². The van der Waals surface area contributed by atoms with E-state index in [2.05, 4.69) is 47.6 Å². The Bertz CT molecular complexity index is 1470. The number of carbonyl (C=O) groups excluding carboxylic acids is 1. The quantitative estimate of drug-likeness (QED) is 0.399. The number of aromatic nitrogens is 5. The average molecular weight is 443 g/mol. The second-order valence-corrected chi connectivity index (χ2v) is 8.78. The zero-order valence-corrected chi connectivity index (χ0v) is 18.8. The summed E-state index contributed by atoms with van der Waals surface area (Å²) in [6, 6.07) is 16.1. The summed E-state index contributed by atoms with van der Waals surface area (Å²) < 4.78 is 3.71. The number of nitrogens with one attached hydrogen (secondary N) is 1. The van der Waals surface area contributed by atoms with Gasteiger partial charge in [-0.3, -0.25) is 9.20 Å². The number of benzene rings is 2. The maximum atomic E-state index is 12.4. The minimum Gasteiger partial charge on any atom is -0.325 e. The highest BCUT2D eigenvalue weighted by Gasteiger charge is 2.14. The van der Waals surface area contributed by atoms with Gasteiger partial charge in [0.25, 0.3) is 0 Å². The fourth-order valence-corrected chi connectivity index (χ4v) is 4.30. The number of hydrogen-bond donors (Lipinski definition) is 1. The first kappa shape index (κ1) is 20.3. The molecule has 1 N–H and O–H groups in total. The SMILES string of the molecule is Cc1cccc(NC(=O)CSc2nnc3c4cc(-c5ccc(C)c(C)c5)nn4ccn23)c1. The van der Waals surface area contributed by atoms with E-state index in [1.54, 1.807) is 0 Å². The topological polar surface area (TPSA) is 76.6 Å². The van der Waals surface area contributed by atoms with Crippen LogP contribution in [0, 0.1) is 20.8 Å². The van der Waals surface area contributed by atoms with Gasteiger partial charge in [-0.25, -0.2) is 4.52 Å². The van der Waals surface area contributed by atoms with Gasteiger partial charge >= 0.3 is 0 Å². The van der Waals surface area contributed by atoms with Crippen LogP contribution in [0.4, 0.5) is 5.69 Å². The van der Waals surface area contributed by atoms with Crippen LogP contribution in [0.5, 0.6) is 0 Å². The molecule has 5 rings (SSSR count). The highest BCUT2D eigenvalue weighted by Crippen LogP contribution is 2.25. The van der Waals surface area contributed by atoms with E-state index in [1.807, 2.05) is 58.6 Å². The first-order valence-electron chi connectivity index (χ1n) is 10.3. The van der Waals surface area contributed by atoms with Crippen molar-refractivity contribution >= 4 is 34.5 Å². The summed E-state index contributed by atoms with van der Waals surface area (Å²) in [4.78, 5) is 12.4. The predicted molar refractivity (Wildman–Crippen MR) is 127 cm³/mol. The molecule has 5 aromatic rings. The molecule has 0 spiro atoms. The van der Waals surface area contributed by atoms with Gasteiger partial charge in [0.15, 0.2) is 10.8 Å². The van der Waals surface area contributed by atoms with E-state index < -0.39 is 0 Å². The lowest BCUT2D eigenvalue weighted by atomic mass is 10.0. The minimum atomic E-state index is -0.0835. The molecule has 1 amide bonds. The summed E-state index contributed by atoms with van der Waals surface area (Å²) >= 11 is 1.35. The lowest BCUT2D eigenvalue weighted by molar-refractivity contribution is -0.113. The third kappa shape index (κ3) is 3.85. The molecule has 0 saturated heterocycles. The fraction of sp³-hybridized carbons (Fsp3) is 0.167. The number of amides is 1. The summed E-state index contributed by atoms with van der Waals surface area (Å²) in [5, 5.41) is 16.9. The molecule has 0 aliphatic rings. The molecule has 0 fully saturated rings. The molecule has 0 aliphatic heterocycles. The second-order valence-electron chi connectivity index (χ2n) is 7.84. The molecule has 0 saturated carbocycles. The number of aryl methyl sites for hydroxylation is 3. The largest absolute Gasteiger partial charge is 0.325 e. The van der Waals surface area contributed by atoms with Gasteiger partial charge in [0.2, 0.25) is 5.91 Å². The molecule has 3 heterocycles. The van der Waals surface area contributed by atoms with Gasteiger partial charge in [-0.05, 0) is 61.7 Å². The lowest BCUT2D eigenvalue weighted by Gasteiger charge is -2.05. The lowest BCUT2D eigenvalue weighted by Crippen LogP contribution is -2.14. The average Bonchev–Trinajstić information content (AvgIpc) is 3.38. The van der Waals surface area contributed by atoms with Crippen molar-refractivity contribution in [2.24, 2.45) is 0 Å². The van der Waals surface area contributed by atoms with Crippen LogP contribution in [-0.4, -0.2) is 35.9 Å². The molecule has 0 radical (unpaired) electrons. The Morgan fingerprint density at radius 2 is 1.88 bits per heavy atom. The first-order valence-corrected chi connectivity index (χ1v) is 11.3. The molecule has 2 aromatic carbocycles. The fourth-order valence-electron chi connectivity index (χ4n) is 3.58. The zero-order chi connectivity index (χ0) is 22.2. The van der Waals surface area contributed by atoms with E-state index in [0.29, 0.717) is 10.8 Å². The summed E-state index contributed by atoms with van der Waals surface area (Å²) in [5.74, 6) is 0.160. The van der Waals surface area contributed by atoms with Gasteiger partial charge in [0.05, 0.1) is 11.4 Å². The van der Waals surface area contributed by atoms with Gasteiger partial charge in [0, 0.05) is 23.6 Å². The maximum Gasteiger partial charge on any atom is 0.234 e. The second kappa shape index (κ2) is 8.12. The third-order valence-corrected chi connectivity index (χ3v) is 6.37. The van der Waals surface area contributed by atoms with Crippen LogP contribution in [-0.2, 0) is 4.79 Å². The van der Waals surface area contributed by atoms with Crippen LogP contribution >= 0.6 is 11.8 Å². The van der Waals surface area contributed by atoms with E-state index in [-0.39, 0.29) is 11.7 Å². The van der Waals surface area contributed by atoms with Crippen molar-refractivity contribution in [3.63, 3.8) is 0 Å². The molecular weight excluding hydrogens is 420 g/mol. The Morgan fingerprint density at radius 1 is 1.00 bits per heavy atom. The van der Waals surface area contributed by atoms with E-state index in [0.717, 1.165) is 28.0 Å². The van der Waals surface area contributed by atoms with Crippen molar-refractivity contribution in [2.75, 3.05) is 11.1 Å². The molecule has 7 nitrogen and oxygen atoms in total. The number of carbonyl (C=O) groups is 1. The maximum absolute atomic E-state index is 12.4. The van der Waals surface area contributed by atoms with Gasteiger partial charge in [0.1, 0.15) is 5.52 Å². The van der Waals surface area contributed by atoms with E-state index in [1.165, 1.54) is 22.9 Å². The van der Waals surface area contributed by atoms with Crippen LogP contribution in [0.25, 0.3) is 22.4 Å². The van der Waals surface area contributed by atoms with Crippen LogP contribution in [0.1, 0.15) is 16.7 Å². The third-order valence-electron chi connectivity index (χ3n) is 5.42. The molecule has 0 atom stereocenters. The Labute approximate surface area is 189 Å². The zero-order valence-electron chi connectivity index (χ0n) is 18.0. The van der Waals surface area contributed by atoms with E-state index in [9.17, 15) is 4.79 Å². The standard InChI is InChI=1S/C24H22N6OS/c1-15-5-4-6-19(11-15)25-22(31)14-32-24-27-26-23-21-13-20(28-30(21)10-9-29(23)24)18-8-7-16(2)17(3)12-18/h4-13H,14H2,1-3H3,(H,25,31). The summed E-state index contributed by atoms with van der Waals surface area (Å²) in [7, 11) is 0. The number of anilines is 1. The highest BCUT2D eigenvalue weighted by molar-refractivity contribution is 7.99. The number of rotatable bonds is 5. The molecule has 8 heteroatoms.